The number of rotatable bonds is 10. The topological polar surface area (TPSA) is 49.7 Å². The van der Waals surface area contributed by atoms with Gasteiger partial charge in [-0.25, -0.2) is 0 Å². The van der Waals surface area contributed by atoms with Crippen LogP contribution in [-0.4, -0.2) is 9.79 Å². The zero-order valence-electron chi connectivity index (χ0n) is 18.5. The molecule has 0 bridgehead atoms. The fraction of sp³-hybridized carbons (Fsp3) is 0.739. The summed E-state index contributed by atoms with van der Waals surface area (Å²) < 4.78 is 5.60. The molecule has 156 valence electrons. The molecule has 0 saturated carbocycles. The number of hydrogen-bond acceptors (Lipinski definition) is 3. The largest absolute Gasteiger partial charge is 0.328 e. The monoisotopic (exact) mass is 396 g/mol. The van der Waals surface area contributed by atoms with Crippen LogP contribution in [0.3, 0.4) is 0 Å². The summed E-state index contributed by atoms with van der Waals surface area (Å²) in [6.07, 6.45) is 7.83. The highest BCUT2D eigenvalue weighted by Gasteiger charge is 2.27. The third-order valence-electron chi connectivity index (χ3n) is 5.12. The summed E-state index contributed by atoms with van der Waals surface area (Å²) in [5.41, 5.74) is 3.68. The molecule has 0 radical (unpaired) electrons. The van der Waals surface area contributed by atoms with Gasteiger partial charge >= 0.3 is 8.60 Å². The Morgan fingerprint density at radius 2 is 1.48 bits per heavy atom. The van der Waals surface area contributed by atoms with E-state index in [2.05, 4.69) is 66.7 Å². The lowest BCUT2D eigenvalue weighted by Gasteiger charge is -2.30. The summed E-state index contributed by atoms with van der Waals surface area (Å²) >= 11 is 0. The van der Waals surface area contributed by atoms with E-state index in [9.17, 15) is 9.79 Å². The number of hydrogen-bond donors (Lipinski definition) is 2. The maximum absolute atomic E-state index is 9.53. The van der Waals surface area contributed by atoms with E-state index in [1.807, 2.05) is 0 Å². The van der Waals surface area contributed by atoms with Crippen LogP contribution in [0.1, 0.15) is 116 Å². The molecule has 1 atom stereocenters. The van der Waals surface area contributed by atoms with Crippen LogP contribution in [0.2, 0.25) is 0 Å². The van der Waals surface area contributed by atoms with Crippen LogP contribution in [0, 0.1) is 0 Å². The Labute approximate surface area is 168 Å². The first-order valence-corrected chi connectivity index (χ1v) is 11.6. The van der Waals surface area contributed by atoms with Gasteiger partial charge in [-0.1, -0.05) is 105 Å². The zero-order chi connectivity index (χ0) is 20.7. The quantitative estimate of drug-likeness (QED) is 0.322. The van der Waals surface area contributed by atoms with Gasteiger partial charge < -0.3 is 14.3 Å². The predicted molar refractivity (Wildman–Crippen MR) is 117 cm³/mol. The molecular weight excluding hydrogens is 355 g/mol. The molecule has 1 aromatic rings. The molecular formula is C23H41O3P. The molecule has 1 rings (SSSR count). The molecule has 0 saturated heterocycles. The lowest BCUT2D eigenvalue weighted by atomic mass is 9.77. The highest BCUT2D eigenvalue weighted by molar-refractivity contribution is 7.39. The average Bonchev–Trinajstić information content (AvgIpc) is 2.54. The van der Waals surface area contributed by atoms with Gasteiger partial charge in [-0.15, -0.1) is 0 Å². The van der Waals surface area contributed by atoms with Crippen molar-refractivity contribution in [3.63, 3.8) is 0 Å². The molecule has 0 aliphatic carbocycles. The Bertz CT molecular complexity index is 556. The summed E-state index contributed by atoms with van der Waals surface area (Å²) in [5.74, 6) is 0. The highest BCUT2D eigenvalue weighted by atomic mass is 31.2. The molecule has 0 heterocycles. The second-order valence-corrected chi connectivity index (χ2v) is 10.4. The first kappa shape index (κ1) is 24.6. The lowest BCUT2D eigenvalue weighted by Crippen LogP contribution is -2.20. The normalized spacial score (nSPS) is 14.0. The first-order chi connectivity index (χ1) is 12.5. The third-order valence-corrected chi connectivity index (χ3v) is 5.56. The van der Waals surface area contributed by atoms with Gasteiger partial charge in [0.05, 0.1) is 6.10 Å². The van der Waals surface area contributed by atoms with Crippen LogP contribution in [0.5, 0.6) is 0 Å². The zero-order valence-corrected chi connectivity index (χ0v) is 19.4. The van der Waals surface area contributed by atoms with Gasteiger partial charge in [-0.2, -0.15) is 0 Å². The van der Waals surface area contributed by atoms with Crippen molar-refractivity contribution in [3.05, 3.63) is 34.9 Å². The van der Waals surface area contributed by atoms with Crippen molar-refractivity contribution in [2.45, 2.75) is 110 Å². The number of benzene rings is 1. The second-order valence-electron chi connectivity index (χ2n) is 9.71. The summed E-state index contributed by atoms with van der Waals surface area (Å²) in [6.45, 7) is 15.5. The van der Waals surface area contributed by atoms with Crippen molar-refractivity contribution in [3.8, 4) is 0 Å². The Morgan fingerprint density at radius 3 is 2.00 bits per heavy atom. The van der Waals surface area contributed by atoms with E-state index < -0.39 is 8.60 Å². The van der Waals surface area contributed by atoms with Gasteiger partial charge in [0.15, 0.2) is 0 Å². The van der Waals surface area contributed by atoms with E-state index in [-0.39, 0.29) is 16.9 Å². The fourth-order valence-electron chi connectivity index (χ4n) is 3.44. The van der Waals surface area contributed by atoms with Gasteiger partial charge in [-0.05, 0) is 33.9 Å². The molecule has 0 aromatic heterocycles. The molecule has 1 aromatic carbocycles. The molecule has 0 spiro atoms. The van der Waals surface area contributed by atoms with Gasteiger partial charge in [0.2, 0.25) is 0 Å². The Kier molecular flexibility index (Phi) is 9.92. The van der Waals surface area contributed by atoms with Crippen molar-refractivity contribution >= 4 is 8.60 Å². The Hall–Kier alpha value is -0.470. The van der Waals surface area contributed by atoms with Gasteiger partial charge in [0.1, 0.15) is 0 Å². The lowest BCUT2D eigenvalue weighted by molar-refractivity contribution is 0.159. The minimum absolute atomic E-state index is 0.0347. The summed E-state index contributed by atoms with van der Waals surface area (Å²) in [4.78, 5) is 19.1. The van der Waals surface area contributed by atoms with Crippen molar-refractivity contribution in [2.24, 2.45) is 0 Å². The minimum Gasteiger partial charge on any atom is -0.328 e. The second kappa shape index (κ2) is 10.9. The molecule has 0 aliphatic heterocycles. The third kappa shape index (κ3) is 8.60. The smallest absolute Gasteiger partial charge is 0.327 e. The van der Waals surface area contributed by atoms with E-state index in [4.69, 9.17) is 4.52 Å². The molecule has 0 fully saturated rings. The maximum atomic E-state index is 9.53. The highest BCUT2D eigenvalue weighted by Crippen LogP contribution is 2.42. The van der Waals surface area contributed by atoms with Crippen molar-refractivity contribution < 1.29 is 14.3 Å². The first-order valence-electron chi connectivity index (χ1n) is 10.5. The fourth-order valence-corrected chi connectivity index (χ4v) is 3.89. The molecule has 3 nitrogen and oxygen atoms in total. The van der Waals surface area contributed by atoms with E-state index >= 15 is 0 Å². The van der Waals surface area contributed by atoms with Crippen LogP contribution in [0.15, 0.2) is 18.2 Å². The number of unbranched alkanes of at least 4 members (excludes halogenated alkanes) is 5. The van der Waals surface area contributed by atoms with Gasteiger partial charge in [-0.3, -0.25) is 0 Å². The standard InChI is InChI=1S/C23H41O3P/c1-8-9-10-11-12-13-14-21(26-27(24)25)19-16-15-18(22(2,3)4)17-20(19)23(5,6)7/h15-17,21,24-25H,8-14H2,1-7H3. The van der Waals surface area contributed by atoms with Crippen LogP contribution in [0.25, 0.3) is 0 Å². The molecule has 0 amide bonds. The summed E-state index contributed by atoms with van der Waals surface area (Å²) in [5, 5.41) is 0. The summed E-state index contributed by atoms with van der Waals surface area (Å²) in [7, 11) is -2.37. The van der Waals surface area contributed by atoms with Gasteiger partial charge in [0, 0.05) is 0 Å². The Morgan fingerprint density at radius 1 is 0.889 bits per heavy atom. The van der Waals surface area contributed by atoms with Gasteiger partial charge in [0.25, 0.3) is 0 Å². The maximum Gasteiger partial charge on any atom is 0.327 e. The minimum atomic E-state index is -2.37. The SMILES string of the molecule is CCCCCCCCC(OP(O)O)c1ccc(C(C)(C)C)cc1C(C)(C)C. The van der Waals surface area contributed by atoms with Crippen molar-refractivity contribution in [1.82, 2.24) is 0 Å². The van der Waals surface area contributed by atoms with E-state index in [0.29, 0.717) is 0 Å². The average molecular weight is 397 g/mol. The van der Waals surface area contributed by atoms with E-state index in [0.717, 1.165) is 18.4 Å². The van der Waals surface area contributed by atoms with Crippen molar-refractivity contribution in [2.75, 3.05) is 0 Å². The molecule has 1 unspecified atom stereocenters. The molecule has 27 heavy (non-hydrogen) atoms. The molecule has 4 heteroatoms. The molecule has 2 N–H and O–H groups in total. The van der Waals surface area contributed by atoms with Crippen LogP contribution >= 0.6 is 8.60 Å². The van der Waals surface area contributed by atoms with Crippen LogP contribution < -0.4 is 0 Å². The van der Waals surface area contributed by atoms with Crippen LogP contribution in [-0.2, 0) is 15.4 Å². The van der Waals surface area contributed by atoms with E-state index in [1.54, 1.807) is 0 Å². The molecule has 0 aliphatic rings. The van der Waals surface area contributed by atoms with Crippen LogP contribution in [0.4, 0.5) is 0 Å². The van der Waals surface area contributed by atoms with Crippen molar-refractivity contribution in [1.29, 1.82) is 0 Å². The van der Waals surface area contributed by atoms with E-state index in [1.165, 1.54) is 43.2 Å². The Balaban J connectivity index is 3.05. The summed E-state index contributed by atoms with van der Waals surface area (Å²) in [6, 6.07) is 6.59. The predicted octanol–water partition coefficient (Wildman–Crippen LogP) is 7.30.